The summed E-state index contributed by atoms with van der Waals surface area (Å²) in [6, 6.07) is 7.79. The van der Waals surface area contributed by atoms with Gasteiger partial charge in [0.1, 0.15) is 11.5 Å². The van der Waals surface area contributed by atoms with Crippen LogP contribution in [0.5, 0.6) is 11.5 Å². The van der Waals surface area contributed by atoms with Crippen LogP contribution in [-0.4, -0.2) is 18.8 Å². The van der Waals surface area contributed by atoms with Crippen LogP contribution >= 0.6 is 11.6 Å². The average molecular weight is 309 g/mol. The lowest BCUT2D eigenvalue weighted by Gasteiger charge is -2.15. The van der Waals surface area contributed by atoms with E-state index in [1.807, 2.05) is 6.07 Å². The van der Waals surface area contributed by atoms with Crippen LogP contribution in [0.15, 0.2) is 30.5 Å². The number of benzene rings is 1. The van der Waals surface area contributed by atoms with Crippen molar-refractivity contribution in [3.8, 4) is 11.5 Å². The van der Waals surface area contributed by atoms with E-state index in [9.17, 15) is 0 Å². The Bertz CT molecular complexity index is 596. The Kier molecular flexibility index (Phi) is 5.39. The number of anilines is 1. The van der Waals surface area contributed by atoms with Gasteiger partial charge in [-0.1, -0.05) is 18.5 Å². The fourth-order valence-electron chi connectivity index (χ4n) is 2.25. The van der Waals surface area contributed by atoms with Crippen LogP contribution in [-0.2, 0) is 13.1 Å². The van der Waals surface area contributed by atoms with E-state index < -0.39 is 0 Å². The van der Waals surface area contributed by atoms with E-state index in [1.165, 1.54) is 5.69 Å². The molecule has 21 heavy (non-hydrogen) atoms. The summed E-state index contributed by atoms with van der Waals surface area (Å²) in [7, 11) is 3.23. The molecular formula is C16H21ClN2O2. The molecule has 0 spiro atoms. The number of hydrogen-bond donors (Lipinski definition) is 1. The highest BCUT2D eigenvalue weighted by atomic mass is 35.5. The zero-order valence-electron chi connectivity index (χ0n) is 12.6. The van der Waals surface area contributed by atoms with E-state index in [1.54, 1.807) is 20.3 Å². The van der Waals surface area contributed by atoms with Crippen LogP contribution in [0.4, 0.5) is 5.69 Å². The normalized spacial score (nSPS) is 10.5. The highest BCUT2D eigenvalue weighted by Gasteiger charge is 2.10. The van der Waals surface area contributed by atoms with Crippen molar-refractivity contribution in [3.63, 3.8) is 0 Å². The van der Waals surface area contributed by atoms with Gasteiger partial charge in [0, 0.05) is 30.6 Å². The number of methoxy groups -OCH3 is 2. The highest BCUT2D eigenvalue weighted by Crippen LogP contribution is 2.36. The maximum absolute atomic E-state index is 6.11. The van der Waals surface area contributed by atoms with Crippen LogP contribution < -0.4 is 14.8 Å². The molecular weight excluding hydrogens is 288 g/mol. The van der Waals surface area contributed by atoms with Gasteiger partial charge < -0.3 is 19.4 Å². The van der Waals surface area contributed by atoms with Gasteiger partial charge in [-0.25, -0.2) is 0 Å². The Morgan fingerprint density at radius 3 is 2.62 bits per heavy atom. The van der Waals surface area contributed by atoms with Crippen molar-refractivity contribution in [3.05, 3.63) is 41.2 Å². The van der Waals surface area contributed by atoms with Crippen molar-refractivity contribution >= 4 is 17.3 Å². The van der Waals surface area contributed by atoms with E-state index in [2.05, 4.69) is 35.1 Å². The van der Waals surface area contributed by atoms with Crippen LogP contribution in [0.3, 0.4) is 0 Å². The van der Waals surface area contributed by atoms with Gasteiger partial charge in [-0.15, -0.1) is 0 Å². The molecule has 4 nitrogen and oxygen atoms in total. The van der Waals surface area contributed by atoms with Gasteiger partial charge in [0.25, 0.3) is 0 Å². The smallest absolute Gasteiger partial charge is 0.143 e. The summed E-state index contributed by atoms with van der Waals surface area (Å²) in [5, 5.41) is 3.92. The summed E-state index contributed by atoms with van der Waals surface area (Å²) in [6.07, 6.45) is 3.21. The summed E-state index contributed by atoms with van der Waals surface area (Å²) >= 11 is 6.11. The number of aryl methyl sites for hydroxylation is 1. The first-order chi connectivity index (χ1) is 10.2. The third kappa shape index (κ3) is 3.64. The summed E-state index contributed by atoms with van der Waals surface area (Å²) in [4.78, 5) is 0. The maximum atomic E-state index is 6.11. The lowest BCUT2D eigenvalue weighted by atomic mass is 10.2. The van der Waals surface area contributed by atoms with E-state index in [0.717, 1.165) is 18.7 Å². The molecule has 0 aliphatic rings. The molecule has 0 atom stereocenters. The lowest BCUT2D eigenvalue weighted by Crippen LogP contribution is -2.07. The molecule has 2 aromatic rings. The summed E-state index contributed by atoms with van der Waals surface area (Å²) in [5.74, 6) is 1.33. The van der Waals surface area contributed by atoms with Gasteiger partial charge in [-0.05, 0) is 18.6 Å². The van der Waals surface area contributed by atoms with Crippen LogP contribution in [0.25, 0.3) is 0 Å². The number of nitrogens with zero attached hydrogens (tertiary/aromatic N) is 1. The Balaban J connectivity index is 2.17. The Labute approximate surface area is 130 Å². The average Bonchev–Trinajstić information content (AvgIpc) is 2.93. The van der Waals surface area contributed by atoms with Crippen molar-refractivity contribution in [1.29, 1.82) is 0 Å². The first-order valence-electron chi connectivity index (χ1n) is 6.99. The number of ether oxygens (including phenoxy) is 2. The van der Waals surface area contributed by atoms with Crippen molar-refractivity contribution < 1.29 is 9.47 Å². The molecule has 2 rings (SSSR count). The van der Waals surface area contributed by atoms with E-state index >= 15 is 0 Å². The summed E-state index contributed by atoms with van der Waals surface area (Å²) in [6.45, 7) is 3.91. The molecule has 1 N–H and O–H groups in total. The fraction of sp³-hybridized carbons (Fsp3) is 0.375. The van der Waals surface area contributed by atoms with Crippen molar-refractivity contribution in [2.45, 2.75) is 26.4 Å². The molecule has 1 heterocycles. The minimum absolute atomic E-state index is 0.536. The molecule has 0 radical (unpaired) electrons. The molecule has 0 saturated heterocycles. The van der Waals surface area contributed by atoms with E-state index in [4.69, 9.17) is 21.1 Å². The highest BCUT2D eigenvalue weighted by molar-refractivity contribution is 6.32. The molecule has 0 saturated carbocycles. The molecule has 5 heteroatoms. The SMILES string of the molecule is CCCn1cccc1CNc1cc(OC)c(Cl)cc1OC. The van der Waals surface area contributed by atoms with Gasteiger partial charge in [0.05, 0.1) is 31.5 Å². The number of aromatic nitrogens is 1. The molecule has 114 valence electrons. The maximum Gasteiger partial charge on any atom is 0.143 e. The molecule has 0 fully saturated rings. The molecule has 0 aliphatic heterocycles. The number of hydrogen-bond acceptors (Lipinski definition) is 3. The second-order valence-corrected chi connectivity index (χ2v) is 5.14. The molecule has 1 aromatic carbocycles. The number of rotatable bonds is 7. The number of nitrogens with one attached hydrogen (secondary N) is 1. The molecule has 0 bridgehead atoms. The van der Waals surface area contributed by atoms with Crippen molar-refractivity contribution in [2.75, 3.05) is 19.5 Å². The van der Waals surface area contributed by atoms with E-state index in [0.29, 0.717) is 23.1 Å². The fourth-order valence-corrected chi connectivity index (χ4v) is 2.48. The van der Waals surface area contributed by atoms with Crippen molar-refractivity contribution in [1.82, 2.24) is 4.57 Å². The second kappa shape index (κ2) is 7.27. The third-order valence-corrected chi connectivity index (χ3v) is 3.62. The summed E-state index contributed by atoms with van der Waals surface area (Å²) < 4.78 is 12.9. The third-order valence-electron chi connectivity index (χ3n) is 3.32. The van der Waals surface area contributed by atoms with Crippen molar-refractivity contribution in [2.24, 2.45) is 0 Å². The number of halogens is 1. The zero-order valence-corrected chi connectivity index (χ0v) is 13.4. The lowest BCUT2D eigenvalue weighted by molar-refractivity contribution is 0.404. The Hall–Kier alpha value is -1.81. The molecule has 0 aliphatic carbocycles. The van der Waals surface area contributed by atoms with E-state index in [-0.39, 0.29) is 0 Å². The topological polar surface area (TPSA) is 35.4 Å². The Morgan fingerprint density at radius 1 is 1.19 bits per heavy atom. The standard InChI is InChI=1S/C16H21ClN2O2/c1-4-7-19-8-5-6-12(19)11-18-14-10-15(20-2)13(17)9-16(14)21-3/h5-6,8-10,18H,4,7,11H2,1-3H3. The monoisotopic (exact) mass is 308 g/mol. The predicted octanol–water partition coefficient (Wildman–Crippen LogP) is 4.18. The Morgan fingerprint density at radius 2 is 1.95 bits per heavy atom. The molecule has 0 amide bonds. The van der Waals surface area contributed by atoms with Gasteiger partial charge in [0.15, 0.2) is 0 Å². The quantitative estimate of drug-likeness (QED) is 0.833. The van der Waals surface area contributed by atoms with Gasteiger partial charge in [-0.3, -0.25) is 0 Å². The first kappa shape index (κ1) is 15.6. The minimum atomic E-state index is 0.536. The second-order valence-electron chi connectivity index (χ2n) is 4.73. The van der Waals surface area contributed by atoms with Crippen LogP contribution in [0.2, 0.25) is 5.02 Å². The molecule has 1 aromatic heterocycles. The zero-order chi connectivity index (χ0) is 15.2. The van der Waals surface area contributed by atoms with Crippen LogP contribution in [0.1, 0.15) is 19.0 Å². The summed E-state index contributed by atoms with van der Waals surface area (Å²) in [5.41, 5.74) is 2.09. The minimum Gasteiger partial charge on any atom is -0.495 e. The largest absolute Gasteiger partial charge is 0.495 e. The van der Waals surface area contributed by atoms with Gasteiger partial charge >= 0.3 is 0 Å². The van der Waals surface area contributed by atoms with Crippen LogP contribution in [0, 0.1) is 0 Å². The molecule has 0 unspecified atom stereocenters. The van der Waals surface area contributed by atoms with Gasteiger partial charge in [-0.2, -0.15) is 0 Å². The predicted molar refractivity (Wildman–Crippen MR) is 86.6 cm³/mol. The van der Waals surface area contributed by atoms with Gasteiger partial charge in [0.2, 0.25) is 0 Å². The first-order valence-corrected chi connectivity index (χ1v) is 7.36.